The fourth-order valence-corrected chi connectivity index (χ4v) is 2.09. The van der Waals surface area contributed by atoms with Gasteiger partial charge in [0.15, 0.2) is 0 Å². The van der Waals surface area contributed by atoms with Crippen molar-refractivity contribution in [2.24, 2.45) is 0 Å². The largest absolute Gasteiger partial charge is 0.389 e. The number of amides is 1. The van der Waals surface area contributed by atoms with E-state index in [-0.39, 0.29) is 19.1 Å². The third kappa shape index (κ3) is 2.91. The van der Waals surface area contributed by atoms with E-state index in [1.54, 1.807) is 7.05 Å². The molecule has 1 atom stereocenters. The number of likely N-dealkylation sites (N-methyl/N-ethyl adjacent to an activating group) is 1. The van der Waals surface area contributed by atoms with Crippen LogP contribution in [-0.4, -0.2) is 53.9 Å². The zero-order chi connectivity index (χ0) is 13.1. The molecule has 5 nitrogen and oxygen atoms in total. The van der Waals surface area contributed by atoms with Gasteiger partial charge >= 0.3 is 0 Å². The Bertz CT molecular complexity index is 412. The summed E-state index contributed by atoms with van der Waals surface area (Å²) < 4.78 is 6.88. The fraction of sp³-hybridized carbons (Fsp3) is 0.615. The summed E-state index contributed by atoms with van der Waals surface area (Å²) in [5.41, 5.74) is 0.699. The van der Waals surface area contributed by atoms with Crippen molar-refractivity contribution in [2.45, 2.75) is 25.0 Å². The van der Waals surface area contributed by atoms with E-state index in [0.717, 1.165) is 12.8 Å². The number of ether oxygens (including phenoxy) is 1. The van der Waals surface area contributed by atoms with E-state index in [1.165, 1.54) is 12.0 Å². The molecule has 1 aliphatic carbocycles. The lowest BCUT2D eigenvalue weighted by Gasteiger charge is -2.21. The molecule has 0 aliphatic heterocycles. The fourth-order valence-electron chi connectivity index (χ4n) is 2.09. The van der Waals surface area contributed by atoms with Gasteiger partial charge in [0.25, 0.3) is 5.91 Å². The average molecular weight is 252 g/mol. The maximum atomic E-state index is 12.3. The Balaban J connectivity index is 1.99. The van der Waals surface area contributed by atoms with Crippen LogP contribution in [0.25, 0.3) is 0 Å². The van der Waals surface area contributed by atoms with Crippen LogP contribution in [-0.2, 0) is 4.74 Å². The summed E-state index contributed by atoms with van der Waals surface area (Å²) in [6, 6.07) is 4.21. The molecule has 5 heteroatoms. The second kappa shape index (κ2) is 5.54. The van der Waals surface area contributed by atoms with Crippen LogP contribution < -0.4 is 0 Å². The molecule has 0 spiro atoms. The van der Waals surface area contributed by atoms with Gasteiger partial charge in [-0.2, -0.15) is 0 Å². The molecule has 1 aliphatic rings. The normalized spacial score (nSPS) is 16.6. The molecule has 1 unspecified atom stereocenters. The standard InChI is InChI=1S/C13H20N2O3/c1-14(8-11(16)9-18-2)13(17)12-4-3-7-15(12)10-5-6-10/h3-4,7,10-11,16H,5-6,8-9H2,1-2H3. The highest BCUT2D eigenvalue weighted by Gasteiger charge is 2.28. The van der Waals surface area contributed by atoms with Crippen molar-refractivity contribution < 1.29 is 14.6 Å². The van der Waals surface area contributed by atoms with Crippen molar-refractivity contribution >= 4 is 5.91 Å². The SMILES string of the molecule is COCC(O)CN(C)C(=O)c1cccn1C1CC1. The molecule has 1 fully saturated rings. The van der Waals surface area contributed by atoms with Gasteiger partial charge in [-0.1, -0.05) is 0 Å². The summed E-state index contributed by atoms with van der Waals surface area (Å²) in [7, 11) is 3.23. The lowest BCUT2D eigenvalue weighted by Crippen LogP contribution is -2.37. The van der Waals surface area contributed by atoms with E-state index in [9.17, 15) is 9.90 Å². The minimum absolute atomic E-state index is 0.0537. The molecule has 0 radical (unpaired) electrons. The molecule has 1 heterocycles. The summed E-state index contributed by atoms with van der Waals surface area (Å²) >= 11 is 0. The van der Waals surface area contributed by atoms with Crippen molar-refractivity contribution in [3.63, 3.8) is 0 Å². The molecule has 0 bridgehead atoms. The van der Waals surface area contributed by atoms with Crippen LogP contribution in [0.15, 0.2) is 18.3 Å². The molecule has 1 aromatic rings. The van der Waals surface area contributed by atoms with Gasteiger partial charge in [0.2, 0.25) is 0 Å². The van der Waals surface area contributed by atoms with Gasteiger partial charge in [-0.3, -0.25) is 4.79 Å². The Morgan fingerprint density at radius 2 is 2.39 bits per heavy atom. The number of carbonyl (C=O) groups excluding carboxylic acids is 1. The van der Waals surface area contributed by atoms with Gasteiger partial charge in [-0.15, -0.1) is 0 Å². The molecule has 100 valence electrons. The Hall–Kier alpha value is -1.33. The number of hydrogen-bond donors (Lipinski definition) is 1. The van der Waals surface area contributed by atoms with Crippen molar-refractivity contribution in [3.05, 3.63) is 24.0 Å². The number of aromatic nitrogens is 1. The third-order valence-electron chi connectivity index (χ3n) is 3.13. The number of methoxy groups -OCH3 is 1. The van der Waals surface area contributed by atoms with Gasteiger partial charge < -0.3 is 19.3 Å². The number of aliphatic hydroxyl groups excluding tert-OH is 1. The van der Waals surface area contributed by atoms with Gasteiger partial charge in [0, 0.05) is 32.9 Å². The van der Waals surface area contributed by atoms with Crippen molar-refractivity contribution in [1.29, 1.82) is 0 Å². The minimum Gasteiger partial charge on any atom is -0.389 e. The molecule has 0 saturated heterocycles. The Morgan fingerprint density at radius 1 is 1.67 bits per heavy atom. The smallest absolute Gasteiger partial charge is 0.270 e. The number of aliphatic hydroxyl groups is 1. The maximum absolute atomic E-state index is 12.3. The van der Waals surface area contributed by atoms with E-state index < -0.39 is 6.10 Å². The summed E-state index contributed by atoms with van der Waals surface area (Å²) in [6.45, 7) is 0.518. The lowest BCUT2D eigenvalue weighted by molar-refractivity contribution is 0.0376. The summed E-state index contributed by atoms with van der Waals surface area (Å²) in [6.07, 6.45) is 3.59. The van der Waals surface area contributed by atoms with Gasteiger partial charge in [0.05, 0.1) is 12.7 Å². The van der Waals surface area contributed by atoms with Crippen LogP contribution in [0, 0.1) is 0 Å². The van der Waals surface area contributed by atoms with Crippen LogP contribution in [0.5, 0.6) is 0 Å². The maximum Gasteiger partial charge on any atom is 0.270 e. The van der Waals surface area contributed by atoms with Gasteiger partial charge in [-0.05, 0) is 25.0 Å². The Labute approximate surface area is 107 Å². The predicted molar refractivity (Wildman–Crippen MR) is 67.5 cm³/mol. The highest BCUT2D eigenvalue weighted by Crippen LogP contribution is 2.36. The molecule has 0 aromatic carbocycles. The van der Waals surface area contributed by atoms with Crippen molar-refractivity contribution in [1.82, 2.24) is 9.47 Å². The summed E-state index contributed by atoms with van der Waals surface area (Å²) in [4.78, 5) is 13.8. The molecule has 1 aromatic heterocycles. The van der Waals surface area contributed by atoms with E-state index in [1.807, 2.05) is 22.9 Å². The molecule has 2 rings (SSSR count). The Morgan fingerprint density at radius 3 is 3.00 bits per heavy atom. The van der Waals surface area contributed by atoms with Crippen molar-refractivity contribution in [2.75, 3.05) is 27.3 Å². The van der Waals surface area contributed by atoms with Gasteiger partial charge in [-0.25, -0.2) is 0 Å². The molecule has 18 heavy (non-hydrogen) atoms. The first-order valence-corrected chi connectivity index (χ1v) is 6.22. The van der Waals surface area contributed by atoms with E-state index in [4.69, 9.17) is 4.74 Å². The number of rotatable bonds is 6. The second-order valence-corrected chi connectivity index (χ2v) is 4.83. The first-order chi connectivity index (χ1) is 8.63. The zero-order valence-corrected chi connectivity index (χ0v) is 10.9. The monoisotopic (exact) mass is 252 g/mol. The van der Waals surface area contributed by atoms with E-state index >= 15 is 0 Å². The highest BCUT2D eigenvalue weighted by atomic mass is 16.5. The topological polar surface area (TPSA) is 54.7 Å². The highest BCUT2D eigenvalue weighted by molar-refractivity contribution is 5.92. The first kappa shape index (κ1) is 13.1. The molecule has 1 N–H and O–H groups in total. The van der Waals surface area contributed by atoms with E-state index in [2.05, 4.69) is 0 Å². The molecule has 1 saturated carbocycles. The first-order valence-electron chi connectivity index (χ1n) is 6.22. The number of hydrogen-bond acceptors (Lipinski definition) is 3. The third-order valence-corrected chi connectivity index (χ3v) is 3.13. The molecular weight excluding hydrogens is 232 g/mol. The molecule has 1 amide bonds. The van der Waals surface area contributed by atoms with Gasteiger partial charge in [0.1, 0.15) is 5.69 Å². The number of carbonyl (C=O) groups is 1. The second-order valence-electron chi connectivity index (χ2n) is 4.83. The zero-order valence-electron chi connectivity index (χ0n) is 10.9. The summed E-state index contributed by atoms with van der Waals surface area (Å²) in [5.74, 6) is -0.0537. The van der Waals surface area contributed by atoms with E-state index in [0.29, 0.717) is 11.7 Å². The summed E-state index contributed by atoms with van der Waals surface area (Å²) in [5, 5.41) is 9.63. The van der Waals surface area contributed by atoms with Crippen molar-refractivity contribution in [3.8, 4) is 0 Å². The van der Waals surface area contributed by atoms with Crippen LogP contribution >= 0.6 is 0 Å². The van der Waals surface area contributed by atoms with Crippen LogP contribution in [0.2, 0.25) is 0 Å². The lowest BCUT2D eigenvalue weighted by atomic mass is 10.3. The predicted octanol–water partition coefficient (Wildman–Crippen LogP) is 0.902. The molecular formula is C13H20N2O3. The van der Waals surface area contributed by atoms with Crippen LogP contribution in [0.1, 0.15) is 29.4 Å². The average Bonchev–Trinajstić information content (AvgIpc) is 3.06. The van der Waals surface area contributed by atoms with Crippen LogP contribution in [0.4, 0.5) is 0 Å². The minimum atomic E-state index is -0.645. The Kier molecular flexibility index (Phi) is 4.04. The van der Waals surface area contributed by atoms with Crippen LogP contribution in [0.3, 0.4) is 0 Å². The number of nitrogens with zero attached hydrogens (tertiary/aromatic N) is 2. The quantitative estimate of drug-likeness (QED) is 0.818.